The Labute approximate surface area is 136 Å². The van der Waals surface area contributed by atoms with Gasteiger partial charge in [-0.25, -0.2) is 0 Å². The lowest BCUT2D eigenvalue weighted by Gasteiger charge is -2.45. The molecule has 2 fully saturated rings. The van der Waals surface area contributed by atoms with Crippen LogP contribution in [0.3, 0.4) is 0 Å². The Hall–Kier alpha value is -0.580. The average molecular weight is 352 g/mol. The van der Waals surface area contributed by atoms with Gasteiger partial charge in [-0.3, -0.25) is 4.90 Å². The number of halogens is 1. The van der Waals surface area contributed by atoms with Gasteiger partial charge in [0, 0.05) is 42.4 Å². The molecular formula is C17H26BrN3. The number of nitrogens with one attached hydrogen (secondary N) is 1. The van der Waals surface area contributed by atoms with E-state index >= 15 is 0 Å². The smallest absolute Gasteiger partial charge is 0.0413 e. The average Bonchev–Trinajstić information content (AvgIpc) is 2.52. The number of hydrogen-bond donors (Lipinski definition) is 1. The van der Waals surface area contributed by atoms with Crippen LogP contribution < -0.4 is 10.2 Å². The topological polar surface area (TPSA) is 18.5 Å². The summed E-state index contributed by atoms with van der Waals surface area (Å²) in [5.74, 6) is 0. The lowest BCUT2D eigenvalue weighted by molar-refractivity contribution is 0.133. The van der Waals surface area contributed by atoms with E-state index in [0.717, 1.165) is 25.7 Å². The number of hydrogen-bond acceptors (Lipinski definition) is 3. The molecule has 3 nitrogen and oxygen atoms in total. The first-order chi connectivity index (χ1) is 10.3. The van der Waals surface area contributed by atoms with Crippen molar-refractivity contribution in [3.63, 3.8) is 0 Å². The minimum absolute atomic E-state index is 0.767. The van der Waals surface area contributed by atoms with Crippen molar-refractivity contribution >= 4 is 21.6 Å². The van der Waals surface area contributed by atoms with Crippen molar-refractivity contribution < 1.29 is 0 Å². The van der Waals surface area contributed by atoms with Gasteiger partial charge < -0.3 is 10.2 Å². The Morgan fingerprint density at radius 2 is 2.14 bits per heavy atom. The zero-order chi connectivity index (χ0) is 14.7. The van der Waals surface area contributed by atoms with Gasteiger partial charge in [0.25, 0.3) is 0 Å². The molecule has 1 aromatic rings. The van der Waals surface area contributed by atoms with Gasteiger partial charge >= 0.3 is 0 Å². The fraction of sp³-hybridized carbons (Fsp3) is 0.647. The summed E-state index contributed by atoms with van der Waals surface area (Å²) in [7, 11) is 0. The molecule has 1 N–H and O–H groups in total. The molecule has 1 atom stereocenters. The van der Waals surface area contributed by atoms with Gasteiger partial charge in [0.15, 0.2) is 0 Å². The fourth-order valence-corrected chi connectivity index (χ4v) is 4.05. The predicted molar refractivity (Wildman–Crippen MR) is 92.9 cm³/mol. The van der Waals surface area contributed by atoms with Crippen molar-refractivity contribution in [3.8, 4) is 0 Å². The maximum absolute atomic E-state index is 3.61. The highest BCUT2D eigenvalue weighted by atomic mass is 79.9. The summed E-state index contributed by atoms with van der Waals surface area (Å²) in [5.41, 5.74) is 2.83. The highest BCUT2D eigenvalue weighted by Gasteiger charge is 2.29. The van der Waals surface area contributed by atoms with E-state index in [0.29, 0.717) is 0 Å². The maximum atomic E-state index is 3.61. The molecule has 0 spiro atoms. The number of fused-ring (bicyclic) bond motifs is 1. The van der Waals surface area contributed by atoms with Crippen LogP contribution in [0.1, 0.15) is 31.7 Å². The second-order valence-electron chi connectivity index (χ2n) is 6.18. The Bertz CT molecular complexity index is 477. The van der Waals surface area contributed by atoms with E-state index in [1.807, 2.05) is 0 Å². The molecule has 0 amide bonds. The van der Waals surface area contributed by atoms with Crippen molar-refractivity contribution in [3.05, 3.63) is 28.2 Å². The molecule has 0 aromatic heterocycles. The highest BCUT2D eigenvalue weighted by molar-refractivity contribution is 9.10. The van der Waals surface area contributed by atoms with Crippen molar-refractivity contribution in [2.75, 3.05) is 37.6 Å². The molecule has 0 aliphatic carbocycles. The summed E-state index contributed by atoms with van der Waals surface area (Å²) in [4.78, 5) is 5.30. The number of anilines is 1. The maximum Gasteiger partial charge on any atom is 0.0413 e. The fourth-order valence-electron chi connectivity index (χ4n) is 3.64. The second-order valence-corrected chi connectivity index (χ2v) is 7.10. The van der Waals surface area contributed by atoms with E-state index in [1.165, 1.54) is 54.6 Å². The third-order valence-corrected chi connectivity index (χ3v) is 5.28. The second kappa shape index (κ2) is 7.12. The molecule has 0 saturated carbocycles. The molecule has 0 bridgehead atoms. The van der Waals surface area contributed by atoms with Gasteiger partial charge in [-0.1, -0.05) is 29.3 Å². The summed E-state index contributed by atoms with van der Waals surface area (Å²) < 4.78 is 1.18. The lowest BCUT2D eigenvalue weighted by atomic mass is 9.98. The largest absolute Gasteiger partial charge is 0.368 e. The third-order valence-electron chi connectivity index (χ3n) is 4.79. The molecular weight excluding hydrogens is 326 g/mol. The first kappa shape index (κ1) is 15.3. The van der Waals surface area contributed by atoms with Crippen LogP contribution >= 0.6 is 15.9 Å². The highest BCUT2D eigenvalue weighted by Crippen LogP contribution is 2.29. The minimum atomic E-state index is 0.767. The van der Waals surface area contributed by atoms with Crippen LogP contribution in [0.5, 0.6) is 0 Å². The molecule has 2 aliphatic heterocycles. The quantitative estimate of drug-likeness (QED) is 0.898. The van der Waals surface area contributed by atoms with E-state index in [4.69, 9.17) is 0 Å². The van der Waals surface area contributed by atoms with Gasteiger partial charge in [-0.05, 0) is 49.7 Å². The molecule has 2 heterocycles. The van der Waals surface area contributed by atoms with Crippen LogP contribution in [-0.4, -0.2) is 43.7 Å². The number of piperazine rings is 1. The van der Waals surface area contributed by atoms with E-state index in [1.54, 1.807) is 0 Å². The number of nitrogens with zero attached hydrogens (tertiary/aromatic N) is 2. The summed E-state index contributed by atoms with van der Waals surface area (Å²) in [6, 6.07) is 7.50. The molecule has 116 valence electrons. The lowest BCUT2D eigenvalue weighted by Crippen LogP contribution is -2.55. The van der Waals surface area contributed by atoms with Gasteiger partial charge in [-0.15, -0.1) is 0 Å². The Morgan fingerprint density at radius 3 is 3.00 bits per heavy atom. The first-order valence-electron chi connectivity index (χ1n) is 8.26. The van der Waals surface area contributed by atoms with Gasteiger partial charge in [-0.2, -0.15) is 0 Å². The van der Waals surface area contributed by atoms with Crippen LogP contribution in [0.15, 0.2) is 22.7 Å². The van der Waals surface area contributed by atoms with E-state index in [9.17, 15) is 0 Å². The van der Waals surface area contributed by atoms with Gasteiger partial charge in [0.2, 0.25) is 0 Å². The summed E-state index contributed by atoms with van der Waals surface area (Å²) in [6.45, 7) is 9.03. The third kappa shape index (κ3) is 3.61. The van der Waals surface area contributed by atoms with Crippen LogP contribution in [-0.2, 0) is 6.54 Å². The predicted octanol–water partition coefficient (Wildman–Crippen LogP) is 3.23. The first-order valence-corrected chi connectivity index (χ1v) is 9.05. The van der Waals surface area contributed by atoms with Gasteiger partial charge in [0.05, 0.1) is 0 Å². The van der Waals surface area contributed by atoms with Gasteiger partial charge in [0.1, 0.15) is 0 Å². The van der Waals surface area contributed by atoms with E-state index in [-0.39, 0.29) is 0 Å². The van der Waals surface area contributed by atoms with E-state index < -0.39 is 0 Å². The molecule has 21 heavy (non-hydrogen) atoms. The van der Waals surface area contributed by atoms with Crippen LogP contribution in [0.25, 0.3) is 0 Å². The monoisotopic (exact) mass is 351 g/mol. The summed E-state index contributed by atoms with van der Waals surface area (Å²) >= 11 is 3.61. The Morgan fingerprint density at radius 1 is 1.24 bits per heavy atom. The molecule has 0 radical (unpaired) electrons. The van der Waals surface area contributed by atoms with Crippen molar-refractivity contribution in [1.29, 1.82) is 0 Å². The van der Waals surface area contributed by atoms with Crippen LogP contribution in [0.2, 0.25) is 0 Å². The zero-order valence-electron chi connectivity index (χ0n) is 12.9. The van der Waals surface area contributed by atoms with Crippen molar-refractivity contribution in [1.82, 2.24) is 10.2 Å². The van der Waals surface area contributed by atoms with E-state index in [2.05, 4.69) is 56.2 Å². The minimum Gasteiger partial charge on any atom is -0.368 e. The van der Waals surface area contributed by atoms with Crippen LogP contribution in [0, 0.1) is 0 Å². The summed E-state index contributed by atoms with van der Waals surface area (Å²) in [6.07, 6.45) is 4.16. The molecule has 3 rings (SSSR count). The number of piperidine rings is 1. The molecule has 1 unspecified atom stereocenters. The molecule has 4 heteroatoms. The number of benzene rings is 1. The Kier molecular flexibility index (Phi) is 5.19. The molecule has 1 aromatic carbocycles. The van der Waals surface area contributed by atoms with Crippen LogP contribution in [0.4, 0.5) is 5.69 Å². The van der Waals surface area contributed by atoms with Crippen molar-refractivity contribution in [2.24, 2.45) is 0 Å². The molecule has 2 aliphatic rings. The number of rotatable bonds is 4. The molecule has 2 saturated heterocycles. The normalized spacial score (nSPS) is 23.1. The zero-order valence-corrected chi connectivity index (χ0v) is 14.5. The standard InChI is InChI=1S/C17H26BrN3/c1-2-19-12-14-11-15(18)6-7-17(14)21-10-9-20-8-4-3-5-16(20)13-21/h6-7,11,16,19H,2-5,8-10,12-13H2,1H3. The van der Waals surface area contributed by atoms with Crippen molar-refractivity contribution in [2.45, 2.75) is 38.8 Å². The SMILES string of the molecule is CCNCc1cc(Br)ccc1N1CCN2CCCCC2C1. The summed E-state index contributed by atoms with van der Waals surface area (Å²) in [5, 5.41) is 3.47. The Balaban J connectivity index is 1.76.